The van der Waals surface area contributed by atoms with E-state index in [0.29, 0.717) is 50.9 Å². The smallest absolute Gasteiger partial charge is 0.348 e. The number of esters is 1. The number of methoxy groups -OCH3 is 4. The molecule has 0 aliphatic carbocycles. The molecule has 0 amide bonds. The van der Waals surface area contributed by atoms with Crippen molar-refractivity contribution in [1.82, 2.24) is 0 Å². The molecule has 1 aromatic heterocycles. The third-order valence-electron chi connectivity index (χ3n) is 6.60. The van der Waals surface area contributed by atoms with Crippen LogP contribution >= 0.6 is 0 Å². The first-order chi connectivity index (χ1) is 20.4. The highest BCUT2D eigenvalue weighted by atomic mass is 16.5. The van der Waals surface area contributed by atoms with E-state index in [-0.39, 0.29) is 17.1 Å². The Kier molecular flexibility index (Phi) is 8.24. The SMILES string of the molecule is COc1ccc2oc(-c3ccccc3)c(C(=O)Oc3ccc(C(=O)/C=C/c4cc(OC)c(OC)c(OC)c4)cc3)c2c1. The molecule has 212 valence electrons. The Morgan fingerprint density at radius 3 is 2.00 bits per heavy atom. The van der Waals surface area contributed by atoms with Gasteiger partial charge in [0.1, 0.15) is 28.4 Å². The van der Waals surface area contributed by atoms with E-state index < -0.39 is 5.97 Å². The summed E-state index contributed by atoms with van der Waals surface area (Å²) in [6.45, 7) is 0. The molecular formula is C34H28O8. The maximum Gasteiger partial charge on any atom is 0.348 e. The molecule has 0 aliphatic rings. The van der Waals surface area contributed by atoms with Gasteiger partial charge in [-0.2, -0.15) is 0 Å². The Hall–Kier alpha value is -5.50. The molecule has 0 bridgehead atoms. The minimum absolute atomic E-state index is 0.235. The Morgan fingerprint density at radius 1 is 0.714 bits per heavy atom. The Bertz CT molecular complexity index is 1740. The summed E-state index contributed by atoms with van der Waals surface area (Å²) in [5.41, 5.74) is 2.66. The van der Waals surface area contributed by atoms with Crippen LogP contribution < -0.4 is 23.7 Å². The molecule has 0 radical (unpaired) electrons. The molecule has 0 saturated carbocycles. The van der Waals surface area contributed by atoms with Crippen LogP contribution in [-0.4, -0.2) is 40.2 Å². The largest absolute Gasteiger partial charge is 0.497 e. The van der Waals surface area contributed by atoms with E-state index in [9.17, 15) is 9.59 Å². The quantitative estimate of drug-likeness (QED) is 0.0758. The number of furan rings is 1. The summed E-state index contributed by atoms with van der Waals surface area (Å²) in [6.07, 6.45) is 3.10. The fourth-order valence-electron chi connectivity index (χ4n) is 4.51. The van der Waals surface area contributed by atoms with Crippen LogP contribution in [0.25, 0.3) is 28.4 Å². The van der Waals surface area contributed by atoms with Crippen LogP contribution in [0.5, 0.6) is 28.7 Å². The van der Waals surface area contributed by atoms with Crippen molar-refractivity contribution >= 4 is 28.8 Å². The van der Waals surface area contributed by atoms with Gasteiger partial charge in [0.25, 0.3) is 0 Å². The van der Waals surface area contributed by atoms with Gasteiger partial charge >= 0.3 is 5.97 Å². The summed E-state index contributed by atoms with van der Waals surface area (Å²) in [4.78, 5) is 26.4. The molecule has 0 fully saturated rings. The van der Waals surface area contributed by atoms with E-state index in [1.807, 2.05) is 30.3 Å². The first-order valence-electron chi connectivity index (χ1n) is 13.0. The van der Waals surface area contributed by atoms with E-state index in [2.05, 4.69) is 0 Å². The molecule has 0 atom stereocenters. The molecule has 0 unspecified atom stereocenters. The molecule has 0 spiro atoms. The highest BCUT2D eigenvalue weighted by Crippen LogP contribution is 2.39. The summed E-state index contributed by atoms with van der Waals surface area (Å²) in [5.74, 6) is 1.85. The molecular weight excluding hydrogens is 536 g/mol. The molecule has 0 N–H and O–H groups in total. The van der Waals surface area contributed by atoms with Crippen LogP contribution in [0.2, 0.25) is 0 Å². The number of fused-ring (bicyclic) bond motifs is 1. The maximum absolute atomic E-state index is 13.5. The molecule has 0 saturated heterocycles. The van der Waals surface area contributed by atoms with Gasteiger partial charge in [0, 0.05) is 16.5 Å². The van der Waals surface area contributed by atoms with Crippen molar-refractivity contribution in [2.45, 2.75) is 0 Å². The van der Waals surface area contributed by atoms with Crippen LogP contribution in [-0.2, 0) is 0 Å². The molecule has 0 aliphatic heterocycles. The summed E-state index contributed by atoms with van der Waals surface area (Å²) in [5, 5.41) is 0.571. The highest BCUT2D eigenvalue weighted by Gasteiger charge is 2.24. The number of hydrogen-bond donors (Lipinski definition) is 0. The average Bonchev–Trinajstić information content (AvgIpc) is 3.42. The number of ketones is 1. The van der Waals surface area contributed by atoms with Gasteiger partial charge in [-0.05, 0) is 66.2 Å². The molecule has 4 aromatic carbocycles. The summed E-state index contributed by atoms with van der Waals surface area (Å²) >= 11 is 0. The van der Waals surface area contributed by atoms with E-state index in [0.717, 1.165) is 5.56 Å². The Balaban J connectivity index is 1.37. The van der Waals surface area contributed by atoms with Crippen LogP contribution in [0.1, 0.15) is 26.3 Å². The van der Waals surface area contributed by atoms with Crippen molar-refractivity contribution in [3.8, 4) is 40.1 Å². The van der Waals surface area contributed by atoms with Crippen molar-refractivity contribution in [1.29, 1.82) is 0 Å². The second-order valence-corrected chi connectivity index (χ2v) is 9.10. The second kappa shape index (κ2) is 12.3. The van der Waals surface area contributed by atoms with Crippen LogP contribution in [0, 0.1) is 0 Å². The maximum atomic E-state index is 13.5. The van der Waals surface area contributed by atoms with Crippen LogP contribution in [0.4, 0.5) is 0 Å². The van der Waals surface area contributed by atoms with Gasteiger partial charge in [-0.1, -0.05) is 36.4 Å². The topological polar surface area (TPSA) is 93.4 Å². The van der Waals surface area contributed by atoms with E-state index in [1.165, 1.54) is 27.4 Å². The van der Waals surface area contributed by atoms with E-state index in [1.54, 1.807) is 67.8 Å². The lowest BCUT2D eigenvalue weighted by Crippen LogP contribution is -2.09. The molecule has 8 nitrogen and oxygen atoms in total. The standard InChI is InChI=1S/C34H28O8/c1-37-25-15-17-28-26(20-25)31(32(42-28)23-8-6-5-7-9-23)34(36)41-24-13-11-22(12-14-24)27(35)16-10-21-18-29(38-2)33(40-4)30(19-21)39-3/h5-20H,1-4H3/b16-10+. The monoisotopic (exact) mass is 564 g/mol. The first kappa shape index (κ1) is 28.0. The first-order valence-corrected chi connectivity index (χ1v) is 13.0. The molecule has 1 heterocycles. The van der Waals surface area contributed by atoms with E-state index in [4.69, 9.17) is 28.1 Å². The van der Waals surface area contributed by atoms with Crippen molar-refractivity contribution in [2.24, 2.45) is 0 Å². The summed E-state index contributed by atoms with van der Waals surface area (Å²) in [6, 6.07) is 24.4. The molecule has 5 aromatic rings. The molecule has 8 heteroatoms. The highest BCUT2D eigenvalue weighted by molar-refractivity contribution is 6.10. The minimum atomic E-state index is -0.595. The third kappa shape index (κ3) is 5.69. The predicted molar refractivity (Wildman–Crippen MR) is 159 cm³/mol. The predicted octanol–water partition coefficient (Wildman–Crippen LogP) is 7.25. The lowest BCUT2D eigenvalue weighted by atomic mass is 10.1. The van der Waals surface area contributed by atoms with Crippen LogP contribution in [0.15, 0.2) is 95.4 Å². The number of carbonyl (C=O) groups excluding carboxylic acids is 2. The van der Waals surface area contributed by atoms with Crippen molar-refractivity contribution < 1.29 is 37.7 Å². The van der Waals surface area contributed by atoms with Gasteiger partial charge in [-0.15, -0.1) is 0 Å². The number of hydrogen-bond acceptors (Lipinski definition) is 8. The van der Waals surface area contributed by atoms with E-state index >= 15 is 0 Å². The van der Waals surface area contributed by atoms with Gasteiger partial charge in [-0.25, -0.2) is 4.79 Å². The second-order valence-electron chi connectivity index (χ2n) is 9.10. The third-order valence-corrected chi connectivity index (χ3v) is 6.60. The number of carbonyl (C=O) groups is 2. The molecule has 5 rings (SSSR count). The fourth-order valence-corrected chi connectivity index (χ4v) is 4.51. The number of ether oxygens (including phenoxy) is 5. The fraction of sp³-hybridized carbons (Fsp3) is 0.118. The van der Waals surface area contributed by atoms with Crippen molar-refractivity contribution in [3.63, 3.8) is 0 Å². The number of benzene rings is 4. The van der Waals surface area contributed by atoms with Gasteiger partial charge in [-0.3, -0.25) is 4.79 Å². The number of allylic oxidation sites excluding steroid dienone is 1. The molecule has 42 heavy (non-hydrogen) atoms. The van der Waals surface area contributed by atoms with Gasteiger partial charge < -0.3 is 28.1 Å². The lowest BCUT2D eigenvalue weighted by molar-refractivity contribution is 0.0737. The zero-order valence-electron chi connectivity index (χ0n) is 23.5. The van der Waals surface area contributed by atoms with Gasteiger partial charge in [0.2, 0.25) is 5.75 Å². The van der Waals surface area contributed by atoms with Crippen molar-refractivity contribution in [2.75, 3.05) is 28.4 Å². The summed E-state index contributed by atoms with van der Waals surface area (Å²) < 4.78 is 33.2. The normalized spacial score (nSPS) is 11.0. The average molecular weight is 565 g/mol. The van der Waals surface area contributed by atoms with Gasteiger partial charge in [0.15, 0.2) is 17.3 Å². The zero-order valence-corrected chi connectivity index (χ0v) is 23.5. The van der Waals surface area contributed by atoms with Crippen molar-refractivity contribution in [3.05, 3.63) is 108 Å². The Labute approximate surface area is 242 Å². The lowest BCUT2D eigenvalue weighted by Gasteiger charge is -2.12. The Morgan fingerprint density at radius 2 is 1.38 bits per heavy atom. The zero-order chi connectivity index (χ0) is 29.6. The number of rotatable bonds is 10. The van der Waals surface area contributed by atoms with Crippen LogP contribution in [0.3, 0.4) is 0 Å². The minimum Gasteiger partial charge on any atom is -0.497 e. The summed E-state index contributed by atoms with van der Waals surface area (Å²) in [7, 11) is 6.13. The van der Waals surface area contributed by atoms with Gasteiger partial charge in [0.05, 0.1) is 28.4 Å².